The molecule has 4 rings (SSSR count). The molecule has 0 radical (unpaired) electrons. The van der Waals surface area contributed by atoms with Crippen LogP contribution < -0.4 is 4.90 Å². The van der Waals surface area contributed by atoms with Gasteiger partial charge in [0.1, 0.15) is 0 Å². The molecule has 3 amide bonds. The molecule has 0 aliphatic carbocycles. The number of fused-ring (bicyclic) bond motifs is 2. The number of amides is 3. The van der Waals surface area contributed by atoms with Crippen LogP contribution in [0.3, 0.4) is 0 Å². The second-order valence-electron chi connectivity index (χ2n) is 6.29. The smallest absolute Gasteiger partial charge is 0.249 e. The van der Waals surface area contributed by atoms with Gasteiger partial charge in [0, 0.05) is 34.7 Å². The minimum absolute atomic E-state index is 0.135. The molecule has 0 N–H and O–H groups in total. The normalized spacial score (nSPS) is 22.4. The maximum Gasteiger partial charge on any atom is 0.249 e. The monoisotopic (exact) mass is 374 g/mol. The zero-order valence-corrected chi connectivity index (χ0v) is 15.1. The van der Waals surface area contributed by atoms with E-state index in [4.69, 9.17) is 11.6 Å². The van der Waals surface area contributed by atoms with E-state index in [1.807, 2.05) is 17.5 Å². The number of hydrogen-bond donors (Lipinski definition) is 0. The molecule has 25 heavy (non-hydrogen) atoms. The Morgan fingerprint density at radius 3 is 2.64 bits per heavy atom. The summed E-state index contributed by atoms with van der Waals surface area (Å²) in [5.41, 5.74) is -0.247. The van der Waals surface area contributed by atoms with Crippen LogP contribution in [0.5, 0.6) is 0 Å². The molecule has 7 heteroatoms. The summed E-state index contributed by atoms with van der Waals surface area (Å²) in [7, 11) is 1.42. The number of likely N-dealkylation sites (tertiary alicyclic amines) is 1. The fourth-order valence-corrected chi connectivity index (χ4v) is 4.51. The summed E-state index contributed by atoms with van der Waals surface area (Å²) in [6, 6.07) is 9.09. The molecule has 5 nitrogen and oxygen atoms in total. The largest absolute Gasteiger partial charge is 0.310 e. The van der Waals surface area contributed by atoms with Crippen molar-refractivity contribution in [2.24, 2.45) is 0 Å². The van der Waals surface area contributed by atoms with Gasteiger partial charge in [-0.3, -0.25) is 19.3 Å². The maximum absolute atomic E-state index is 13.2. The van der Waals surface area contributed by atoms with Crippen molar-refractivity contribution in [3.8, 4) is 0 Å². The van der Waals surface area contributed by atoms with Crippen molar-refractivity contribution in [3.63, 3.8) is 0 Å². The Hall–Kier alpha value is -2.18. The number of halogens is 1. The fourth-order valence-electron chi connectivity index (χ4n) is 3.64. The average molecular weight is 375 g/mol. The summed E-state index contributed by atoms with van der Waals surface area (Å²) < 4.78 is 0. The Morgan fingerprint density at radius 2 is 2.00 bits per heavy atom. The van der Waals surface area contributed by atoms with Crippen molar-refractivity contribution in [2.75, 3.05) is 18.5 Å². The number of imide groups is 1. The lowest BCUT2D eigenvalue weighted by Gasteiger charge is -2.21. The predicted molar refractivity (Wildman–Crippen MR) is 95.9 cm³/mol. The Bertz CT molecular complexity index is 896. The number of benzene rings is 1. The van der Waals surface area contributed by atoms with E-state index in [1.54, 1.807) is 34.4 Å². The third-order valence-electron chi connectivity index (χ3n) is 4.94. The summed E-state index contributed by atoms with van der Waals surface area (Å²) in [6.07, 6.45) is 0.559. The second-order valence-corrected chi connectivity index (χ2v) is 7.76. The molecule has 1 unspecified atom stereocenters. The van der Waals surface area contributed by atoms with Crippen LogP contribution in [0.4, 0.5) is 5.69 Å². The highest BCUT2D eigenvalue weighted by Gasteiger charge is 2.62. The molecule has 0 saturated carbocycles. The standard InChI is InChI=1S/C18H15ClN2O3S/c1-20-15(22)10-18(16(20)23)13-9-11(19)4-5-14(13)21(17(18)24)7-6-12-3-2-8-25-12/h2-5,8-9H,6-7,10H2,1H3. The van der Waals surface area contributed by atoms with Gasteiger partial charge in [-0.15, -0.1) is 11.3 Å². The van der Waals surface area contributed by atoms with E-state index in [9.17, 15) is 14.4 Å². The van der Waals surface area contributed by atoms with Crippen LogP contribution >= 0.6 is 22.9 Å². The average Bonchev–Trinajstić information content (AvgIpc) is 3.24. The number of rotatable bonds is 3. The van der Waals surface area contributed by atoms with E-state index in [0.29, 0.717) is 29.2 Å². The molecule has 2 aliphatic heterocycles. The first-order valence-electron chi connectivity index (χ1n) is 7.90. The van der Waals surface area contributed by atoms with E-state index in [0.717, 1.165) is 9.78 Å². The molecule has 1 saturated heterocycles. The van der Waals surface area contributed by atoms with Crippen molar-refractivity contribution in [3.05, 3.63) is 51.2 Å². The van der Waals surface area contributed by atoms with Crippen LogP contribution in [-0.2, 0) is 26.2 Å². The van der Waals surface area contributed by atoms with Crippen LogP contribution in [0.15, 0.2) is 35.7 Å². The number of anilines is 1. The fraction of sp³-hybridized carbons (Fsp3) is 0.278. The van der Waals surface area contributed by atoms with Gasteiger partial charge in [0.05, 0.1) is 6.42 Å². The molecule has 1 aromatic heterocycles. The van der Waals surface area contributed by atoms with Crippen molar-refractivity contribution in [1.29, 1.82) is 0 Å². The van der Waals surface area contributed by atoms with Crippen LogP contribution in [-0.4, -0.2) is 36.2 Å². The first kappa shape index (κ1) is 16.3. The van der Waals surface area contributed by atoms with Gasteiger partial charge in [-0.2, -0.15) is 0 Å². The summed E-state index contributed by atoms with van der Waals surface area (Å²) in [4.78, 5) is 42.0. The Balaban J connectivity index is 1.78. The van der Waals surface area contributed by atoms with Crippen molar-refractivity contribution >= 4 is 46.3 Å². The summed E-state index contributed by atoms with van der Waals surface area (Å²) >= 11 is 7.75. The summed E-state index contributed by atoms with van der Waals surface area (Å²) in [5, 5.41) is 2.44. The second kappa shape index (κ2) is 5.68. The molecule has 1 atom stereocenters. The van der Waals surface area contributed by atoms with Gasteiger partial charge in [0.25, 0.3) is 0 Å². The molecular formula is C18H15ClN2O3S. The minimum atomic E-state index is -1.46. The third kappa shape index (κ3) is 2.24. The highest BCUT2D eigenvalue weighted by Crippen LogP contribution is 2.49. The highest BCUT2D eigenvalue weighted by atomic mass is 35.5. The van der Waals surface area contributed by atoms with E-state index >= 15 is 0 Å². The van der Waals surface area contributed by atoms with Gasteiger partial charge in [0.2, 0.25) is 17.7 Å². The lowest BCUT2D eigenvalue weighted by Crippen LogP contribution is -2.46. The van der Waals surface area contributed by atoms with Gasteiger partial charge in [-0.05, 0) is 36.1 Å². The number of likely N-dealkylation sites (N-methyl/N-ethyl adjacent to an activating group) is 1. The zero-order chi connectivity index (χ0) is 17.8. The lowest BCUT2D eigenvalue weighted by molar-refractivity contribution is -0.140. The van der Waals surface area contributed by atoms with Gasteiger partial charge in [0.15, 0.2) is 5.41 Å². The minimum Gasteiger partial charge on any atom is -0.310 e. The number of nitrogens with zero attached hydrogens (tertiary/aromatic N) is 2. The lowest BCUT2D eigenvalue weighted by atomic mass is 9.80. The number of carbonyl (C=O) groups is 3. The van der Waals surface area contributed by atoms with Crippen LogP contribution in [0.25, 0.3) is 0 Å². The molecule has 3 heterocycles. The van der Waals surface area contributed by atoms with E-state index in [1.165, 1.54) is 7.05 Å². The van der Waals surface area contributed by atoms with Gasteiger partial charge < -0.3 is 4.90 Å². The summed E-state index contributed by atoms with van der Waals surface area (Å²) in [6.45, 7) is 0.459. The first-order chi connectivity index (χ1) is 11.9. The van der Waals surface area contributed by atoms with E-state index in [2.05, 4.69) is 0 Å². The number of carbonyl (C=O) groups excluding carboxylic acids is 3. The molecule has 2 aliphatic rings. The first-order valence-corrected chi connectivity index (χ1v) is 9.16. The molecular weight excluding hydrogens is 360 g/mol. The van der Waals surface area contributed by atoms with Crippen molar-refractivity contribution in [1.82, 2.24) is 4.90 Å². The van der Waals surface area contributed by atoms with Gasteiger partial charge in [-0.1, -0.05) is 17.7 Å². The van der Waals surface area contributed by atoms with Crippen molar-refractivity contribution in [2.45, 2.75) is 18.3 Å². The molecule has 1 fully saturated rings. The van der Waals surface area contributed by atoms with Gasteiger partial charge >= 0.3 is 0 Å². The molecule has 0 bridgehead atoms. The number of hydrogen-bond acceptors (Lipinski definition) is 4. The highest BCUT2D eigenvalue weighted by molar-refractivity contribution is 7.09. The van der Waals surface area contributed by atoms with E-state index in [-0.39, 0.29) is 18.2 Å². The summed E-state index contributed by atoms with van der Waals surface area (Å²) in [5.74, 6) is -1.14. The van der Waals surface area contributed by atoms with Crippen LogP contribution in [0, 0.1) is 0 Å². The van der Waals surface area contributed by atoms with E-state index < -0.39 is 11.3 Å². The Kier molecular flexibility index (Phi) is 3.70. The molecule has 1 aromatic carbocycles. The topological polar surface area (TPSA) is 57.7 Å². The SMILES string of the molecule is CN1C(=O)CC2(C1=O)C(=O)N(CCc1cccs1)c1ccc(Cl)cc12. The maximum atomic E-state index is 13.2. The zero-order valence-electron chi connectivity index (χ0n) is 13.5. The molecule has 1 spiro atoms. The quantitative estimate of drug-likeness (QED) is 0.613. The van der Waals surface area contributed by atoms with Gasteiger partial charge in [-0.25, -0.2) is 0 Å². The van der Waals surface area contributed by atoms with Crippen LogP contribution in [0.1, 0.15) is 16.9 Å². The molecule has 2 aromatic rings. The number of thiophene rings is 1. The predicted octanol–water partition coefficient (Wildman–Crippen LogP) is 2.62. The Morgan fingerprint density at radius 1 is 1.20 bits per heavy atom. The molecule has 128 valence electrons. The van der Waals surface area contributed by atoms with Crippen LogP contribution in [0.2, 0.25) is 5.02 Å². The third-order valence-corrected chi connectivity index (χ3v) is 6.11. The Labute approximate surface area is 153 Å². The van der Waals surface area contributed by atoms with Crippen molar-refractivity contribution < 1.29 is 14.4 Å².